The molecule has 0 aliphatic carbocycles. The van der Waals surface area contributed by atoms with Crippen LogP contribution in [0.25, 0.3) is 11.3 Å². The zero-order valence-corrected chi connectivity index (χ0v) is 12.6. The third-order valence-corrected chi connectivity index (χ3v) is 3.26. The number of benzene rings is 2. The molecule has 1 aromatic heterocycles. The first-order valence-electron chi connectivity index (χ1n) is 7.07. The van der Waals surface area contributed by atoms with E-state index in [0.29, 0.717) is 23.0 Å². The molecule has 0 unspecified atom stereocenters. The van der Waals surface area contributed by atoms with Crippen molar-refractivity contribution in [3.05, 3.63) is 72.2 Å². The molecule has 0 saturated heterocycles. The van der Waals surface area contributed by atoms with Crippen LogP contribution >= 0.6 is 0 Å². The second-order valence-corrected chi connectivity index (χ2v) is 4.79. The van der Waals surface area contributed by atoms with Gasteiger partial charge in [-0.15, -0.1) is 0 Å². The van der Waals surface area contributed by atoms with E-state index in [-0.39, 0.29) is 6.61 Å². The average Bonchev–Trinajstić information content (AvgIpc) is 3.09. The van der Waals surface area contributed by atoms with Gasteiger partial charge in [0, 0.05) is 5.56 Å². The number of carbonyl (C=O) groups excluding carboxylic acids is 1. The van der Waals surface area contributed by atoms with Crippen LogP contribution in [0.4, 0.5) is 0 Å². The summed E-state index contributed by atoms with van der Waals surface area (Å²) >= 11 is 0. The Morgan fingerprint density at radius 1 is 1.09 bits per heavy atom. The number of aromatic nitrogens is 1. The lowest BCUT2D eigenvalue weighted by Crippen LogP contribution is -2.05. The van der Waals surface area contributed by atoms with Crippen LogP contribution in [0.5, 0.6) is 5.75 Å². The molecule has 0 aliphatic heterocycles. The number of rotatable bonds is 5. The Morgan fingerprint density at radius 3 is 2.52 bits per heavy atom. The van der Waals surface area contributed by atoms with Gasteiger partial charge in [0.1, 0.15) is 5.75 Å². The zero-order chi connectivity index (χ0) is 16.1. The van der Waals surface area contributed by atoms with E-state index in [1.165, 1.54) is 0 Å². The summed E-state index contributed by atoms with van der Waals surface area (Å²) in [5, 5.41) is 0. The van der Waals surface area contributed by atoms with Gasteiger partial charge in [-0.25, -0.2) is 9.78 Å². The summed E-state index contributed by atoms with van der Waals surface area (Å²) < 4.78 is 15.8. The molecule has 116 valence electrons. The second-order valence-electron chi connectivity index (χ2n) is 4.79. The number of esters is 1. The number of hydrogen-bond acceptors (Lipinski definition) is 5. The summed E-state index contributed by atoms with van der Waals surface area (Å²) in [6.07, 6.45) is 1.62. The van der Waals surface area contributed by atoms with Crippen LogP contribution in [-0.4, -0.2) is 18.1 Å². The lowest BCUT2D eigenvalue weighted by molar-refractivity contribution is 0.0439. The summed E-state index contributed by atoms with van der Waals surface area (Å²) in [5.41, 5.74) is 1.37. The Morgan fingerprint density at radius 2 is 1.83 bits per heavy atom. The van der Waals surface area contributed by atoms with Crippen LogP contribution in [0.1, 0.15) is 16.2 Å². The van der Waals surface area contributed by atoms with Crippen molar-refractivity contribution < 1.29 is 18.7 Å². The van der Waals surface area contributed by atoms with E-state index in [1.807, 2.05) is 30.3 Å². The van der Waals surface area contributed by atoms with Gasteiger partial charge >= 0.3 is 5.97 Å². The predicted octanol–water partition coefficient (Wildman–Crippen LogP) is 3.71. The van der Waals surface area contributed by atoms with E-state index < -0.39 is 5.97 Å². The summed E-state index contributed by atoms with van der Waals surface area (Å²) in [4.78, 5) is 16.1. The quantitative estimate of drug-likeness (QED) is 0.672. The fraction of sp³-hybridized carbons (Fsp3) is 0.111. The molecule has 0 fully saturated rings. The minimum Gasteiger partial charge on any atom is -0.497 e. The van der Waals surface area contributed by atoms with Crippen LogP contribution in [0.15, 0.2) is 65.2 Å². The molecule has 2 aromatic carbocycles. The molecule has 0 bridgehead atoms. The second kappa shape index (κ2) is 6.79. The largest absolute Gasteiger partial charge is 0.497 e. The number of oxazole rings is 1. The van der Waals surface area contributed by atoms with Gasteiger partial charge < -0.3 is 13.9 Å². The average molecular weight is 309 g/mol. The SMILES string of the molecule is COc1ccc(C(=O)OCc2ncc(-c3ccccc3)o2)cc1. The van der Waals surface area contributed by atoms with Gasteiger partial charge in [-0.05, 0) is 24.3 Å². The molecule has 0 amide bonds. The maximum absolute atomic E-state index is 12.0. The van der Waals surface area contributed by atoms with Crippen molar-refractivity contribution in [2.45, 2.75) is 6.61 Å². The topological polar surface area (TPSA) is 61.6 Å². The summed E-state index contributed by atoms with van der Waals surface area (Å²) in [6.45, 7) is -0.0162. The van der Waals surface area contributed by atoms with E-state index in [0.717, 1.165) is 5.56 Å². The lowest BCUT2D eigenvalue weighted by atomic mass is 10.2. The van der Waals surface area contributed by atoms with Crippen molar-refractivity contribution in [1.29, 1.82) is 0 Å². The predicted molar refractivity (Wildman–Crippen MR) is 84.1 cm³/mol. The van der Waals surface area contributed by atoms with Crippen molar-refractivity contribution in [2.75, 3.05) is 7.11 Å². The zero-order valence-electron chi connectivity index (χ0n) is 12.6. The number of methoxy groups -OCH3 is 1. The molecule has 23 heavy (non-hydrogen) atoms. The normalized spacial score (nSPS) is 10.3. The standard InChI is InChI=1S/C18H15NO4/c1-21-15-9-7-14(8-10-15)18(20)22-12-17-19-11-16(23-17)13-5-3-2-4-6-13/h2-11H,12H2,1H3. The molecule has 0 radical (unpaired) electrons. The Labute approximate surface area is 133 Å². The summed E-state index contributed by atoms with van der Waals surface area (Å²) in [6, 6.07) is 16.3. The van der Waals surface area contributed by atoms with Crippen LogP contribution < -0.4 is 4.74 Å². The van der Waals surface area contributed by atoms with E-state index in [4.69, 9.17) is 13.9 Å². The van der Waals surface area contributed by atoms with Crippen LogP contribution in [-0.2, 0) is 11.3 Å². The molecule has 3 rings (SSSR count). The number of carbonyl (C=O) groups is 1. The first kappa shape index (κ1) is 14.8. The summed E-state index contributed by atoms with van der Waals surface area (Å²) in [5.74, 6) is 1.24. The van der Waals surface area contributed by atoms with Gasteiger partial charge in [-0.3, -0.25) is 0 Å². The first-order valence-corrected chi connectivity index (χ1v) is 7.07. The molecule has 1 heterocycles. The minimum atomic E-state index is -0.438. The molecule has 0 aliphatic rings. The fourth-order valence-electron chi connectivity index (χ4n) is 2.05. The Bertz CT molecular complexity index is 778. The molecule has 0 saturated carbocycles. The monoisotopic (exact) mass is 309 g/mol. The third-order valence-electron chi connectivity index (χ3n) is 3.26. The highest BCUT2D eigenvalue weighted by Gasteiger charge is 2.11. The Kier molecular flexibility index (Phi) is 4.38. The van der Waals surface area contributed by atoms with Gasteiger partial charge in [0.05, 0.1) is 18.9 Å². The number of nitrogens with zero attached hydrogens (tertiary/aromatic N) is 1. The van der Waals surface area contributed by atoms with E-state index in [2.05, 4.69) is 4.98 Å². The van der Waals surface area contributed by atoms with Crippen molar-refractivity contribution in [2.24, 2.45) is 0 Å². The van der Waals surface area contributed by atoms with E-state index >= 15 is 0 Å². The molecule has 0 N–H and O–H groups in total. The summed E-state index contributed by atoms with van der Waals surface area (Å²) in [7, 11) is 1.57. The third kappa shape index (κ3) is 3.58. The highest BCUT2D eigenvalue weighted by Crippen LogP contribution is 2.20. The van der Waals surface area contributed by atoms with Gasteiger partial charge in [0.15, 0.2) is 12.4 Å². The van der Waals surface area contributed by atoms with E-state index in [1.54, 1.807) is 37.6 Å². The highest BCUT2D eigenvalue weighted by atomic mass is 16.5. The first-order chi connectivity index (χ1) is 11.3. The number of hydrogen-bond donors (Lipinski definition) is 0. The molecular weight excluding hydrogens is 294 g/mol. The van der Waals surface area contributed by atoms with Gasteiger partial charge in [0.2, 0.25) is 5.89 Å². The van der Waals surface area contributed by atoms with Crippen LogP contribution in [0, 0.1) is 0 Å². The molecule has 5 nitrogen and oxygen atoms in total. The smallest absolute Gasteiger partial charge is 0.338 e. The fourth-order valence-corrected chi connectivity index (χ4v) is 2.05. The Balaban J connectivity index is 1.62. The van der Waals surface area contributed by atoms with Crippen molar-refractivity contribution >= 4 is 5.97 Å². The minimum absolute atomic E-state index is 0.0162. The lowest BCUT2D eigenvalue weighted by Gasteiger charge is -2.03. The maximum atomic E-state index is 12.0. The Hall–Kier alpha value is -3.08. The highest BCUT2D eigenvalue weighted by molar-refractivity contribution is 5.89. The molecule has 0 spiro atoms. The van der Waals surface area contributed by atoms with Gasteiger partial charge in [0.25, 0.3) is 0 Å². The van der Waals surface area contributed by atoms with Gasteiger partial charge in [-0.1, -0.05) is 30.3 Å². The van der Waals surface area contributed by atoms with Crippen molar-refractivity contribution in [3.8, 4) is 17.1 Å². The van der Waals surface area contributed by atoms with Crippen molar-refractivity contribution in [1.82, 2.24) is 4.98 Å². The van der Waals surface area contributed by atoms with Crippen LogP contribution in [0.2, 0.25) is 0 Å². The molecular formula is C18H15NO4. The van der Waals surface area contributed by atoms with Crippen molar-refractivity contribution in [3.63, 3.8) is 0 Å². The maximum Gasteiger partial charge on any atom is 0.338 e. The molecule has 3 aromatic rings. The number of ether oxygens (including phenoxy) is 2. The van der Waals surface area contributed by atoms with Crippen LogP contribution in [0.3, 0.4) is 0 Å². The molecule has 5 heteroatoms. The molecule has 0 atom stereocenters. The van der Waals surface area contributed by atoms with E-state index in [9.17, 15) is 4.79 Å². The van der Waals surface area contributed by atoms with Gasteiger partial charge in [-0.2, -0.15) is 0 Å².